The van der Waals surface area contributed by atoms with Crippen molar-refractivity contribution in [3.05, 3.63) is 71.9 Å². The summed E-state index contributed by atoms with van der Waals surface area (Å²) in [5, 5.41) is 11.3. The van der Waals surface area contributed by atoms with Gasteiger partial charge in [-0.1, -0.05) is 39.8 Å². The lowest BCUT2D eigenvalue weighted by Gasteiger charge is -2.22. The fourth-order valence-electron chi connectivity index (χ4n) is 5.07. The van der Waals surface area contributed by atoms with Crippen LogP contribution in [-0.2, 0) is 0 Å². The molecule has 0 fully saturated rings. The number of nitrogens with zero attached hydrogens (tertiary/aromatic N) is 3. The quantitative estimate of drug-likeness (QED) is 0.230. The van der Waals surface area contributed by atoms with Gasteiger partial charge in [-0.25, -0.2) is 9.97 Å². The van der Waals surface area contributed by atoms with Crippen LogP contribution in [0.4, 0.5) is 0 Å². The normalized spacial score (nSPS) is 11.7. The van der Waals surface area contributed by atoms with E-state index in [0.29, 0.717) is 30.3 Å². The zero-order valence-corrected chi connectivity index (χ0v) is 22.9. The van der Waals surface area contributed by atoms with Crippen molar-refractivity contribution in [2.75, 3.05) is 13.2 Å². The number of hydrogen-bond acceptors (Lipinski definition) is 5. The Hall–Kier alpha value is -4.06. The molecule has 0 radical (unpaired) electrons. The van der Waals surface area contributed by atoms with Gasteiger partial charge in [0.05, 0.1) is 29.9 Å². The Bertz CT molecular complexity index is 1590. The Kier molecular flexibility index (Phi) is 6.98. The van der Waals surface area contributed by atoms with E-state index >= 15 is 0 Å². The minimum absolute atomic E-state index is 0.140. The van der Waals surface area contributed by atoms with Crippen molar-refractivity contribution in [3.8, 4) is 39.6 Å². The summed E-state index contributed by atoms with van der Waals surface area (Å²) in [6.07, 6.45) is 1.87. The Balaban J connectivity index is 1.88. The Labute approximate surface area is 223 Å². The van der Waals surface area contributed by atoms with E-state index in [1.54, 1.807) is 6.07 Å². The van der Waals surface area contributed by atoms with Gasteiger partial charge in [0.15, 0.2) is 0 Å². The Morgan fingerprint density at radius 3 is 2.16 bits per heavy atom. The van der Waals surface area contributed by atoms with Gasteiger partial charge in [-0.3, -0.25) is 4.40 Å². The van der Waals surface area contributed by atoms with Gasteiger partial charge in [-0.2, -0.15) is 0 Å². The van der Waals surface area contributed by atoms with Gasteiger partial charge in [-0.05, 0) is 78.8 Å². The molecule has 0 aliphatic heterocycles. The number of phenolic OH excluding ortho intramolecular Hbond substituents is 1. The second kappa shape index (κ2) is 10.4. The molecule has 0 atom stereocenters. The number of hydrogen-bond donors (Lipinski definition) is 1. The number of para-hydroxylation sites is 2. The van der Waals surface area contributed by atoms with Crippen LogP contribution in [0.5, 0.6) is 17.2 Å². The summed E-state index contributed by atoms with van der Waals surface area (Å²) in [5.74, 6) is 2.85. The first kappa shape index (κ1) is 25.6. The number of fused-ring (bicyclic) bond motifs is 3. The van der Waals surface area contributed by atoms with Crippen LogP contribution < -0.4 is 9.47 Å². The summed E-state index contributed by atoms with van der Waals surface area (Å²) in [7, 11) is 0. The first-order chi connectivity index (χ1) is 18.3. The van der Waals surface area contributed by atoms with Gasteiger partial charge in [-0.15, -0.1) is 0 Å². The number of benzene rings is 3. The fourth-order valence-corrected chi connectivity index (χ4v) is 5.07. The highest BCUT2D eigenvalue weighted by molar-refractivity contribution is 5.90. The van der Waals surface area contributed by atoms with E-state index < -0.39 is 0 Å². The predicted molar refractivity (Wildman–Crippen MR) is 154 cm³/mol. The second-order valence-corrected chi connectivity index (χ2v) is 10.1. The van der Waals surface area contributed by atoms with Crippen molar-refractivity contribution in [1.29, 1.82) is 0 Å². The van der Waals surface area contributed by atoms with Crippen LogP contribution in [0.15, 0.2) is 60.8 Å². The summed E-state index contributed by atoms with van der Waals surface area (Å²) in [6, 6.07) is 17.9. The van der Waals surface area contributed by atoms with E-state index in [1.165, 1.54) is 0 Å². The third kappa shape index (κ3) is 4.44. The molecule has 0 bridgehead atoms. The third-order valence-corrected chi connectivity index (χ3v) is 6.86. The minimum atomic E-state index is 0.140. The molecule has 38 heavy (non-hydrogen) atoms. The van der Waals surface area contributed by atoms with Gasteiger partial charge in [0.1, 0.15) is 17.2 Å². The molecule has 0 spiro atoms. The standard InChI is InChI=1S/C32H35N3O3/c1-7-37-22-13-14-23(29(36)17-22)30-26(18-33-32-34-27-11-9-10-12-28(27)35(30)32)21-15-24(19(3)4)31(38-8-2)25(16-21)20(5)6/h9-20,36H,7-8H2,1-6H3. The van der Waals surface area contributed by atoms with Crippen molar-refractivity contribution < 1.29 is 14.6 Å². The molecule has 0 amide bonds. The molecule has 0 saturated heterocycles. The fraction of sp³-hybridized carbons (Fsp3) is 0.312. The van der Waals surface area contributed by atoms with E-state index in [1.807, 2.05) is 60.8 Å². The van der Waals surface area contributed by atoms with Gasteiger partial charge in [0, 0.05) is 23.4 Å². The Morgan fingerprint density at radius 2 is 1.53 bits per heavy atom. The first-order valence-corrected chi connectivity index (χ1v) is 13.4. The van der Waals surface area contributed by atoms with Gasteiger partial charge < -0.3 is 14.6 Å². The van der Waals surface area contributed by atoms with E-state index in [2.05, 4.69) is 39.8 Å². The number of phenols is 1. The summed E-state index contributed by atoms with van der Waals surface area (Å²) in [5.41, 5.74) is 7.54. The molecule has 6 nitrogen and oxygen atoms in total. The lowest BCUT2D eigenvalue weighted by molar-refractivity contribution is 0.330. The topological polar surface area (TPSA) is 68.9 Å². The number of ether oxygens (including phenoxy) is 2. The largest absolute Gasteiger partial charge is 0.507 e. The van der Waals surface area contributed by atoms with Crippen LogP contribution in [0.25, 0.3) is 39.2 Å². The van der Waals surface area contributed by atoms with Crippen molar-refractivity contribution in [1.82, 2.24) is 14.4 Å². The molecular weight excluding hydrogens is 474 g/mol. The van der Waals surface area contributed by atoms with Gasteiger partial charge in [0.25, 0.3) is 0 Å². The maximum absolute atomic E-state index is 11.3. The highest BCUT2D eigenvalue weighted by Gasteiger charge is 2.23. The Morgan fingerprint density at radius 1 is 0.842 bits per heavy atom. The molecule has 0 aliphatic carbocycles. The minimum Gasteiger partial charge on any atom is -0.507 e. The van der Waals surface area contributed by atoms with Crippen LogP contribution in [0.1, 0.15) is 64.5 Å². The van der Waals surface area contributed by atoms with Crippen LogP contribution >= 0.6 is 0 Å². The maximum atomic E-state index is 11.3. The highest BCUT2D eigenvalue weighted by Crippen LogP contribution is 2.43. The molecule has 3 aromatic carbocycles. The average Bonchev–Trinajstić information content (AvgIpc) is 3.27. The van der Waals surface area contributed by atoms with Crippen molar-refractivity contribution in [2.24, 2.45) is 0 Å². The molecule has 2 heterocycles. The van der Waals surface area contributed by atoms with E-state index in [0.717, 1.165) is 44.7 Å². The number of aromatic nitrogens is 3. The van der Waals surface area contributed by atoms with Gasteiger partial charge >= 0.3 is 0 Å². The third-order valence-electron chi connectivity index (χ3n) is 6.86. The molecule has 5 rings (SSSR count). The molecule has 0 aliphatic rings. The second-order valence-electron chi connectivity index (χ2n) is 10.1. The van der Waals surface area contributed by atoms with Crippen LogP contribution in [0.3, 0.4) is 0 Å². The molecule has 0 unspecified atom stereocenters. The van der Waals surface area contributed by atoms with Crippen LogP contribution in [0, 0.1) is 0 Å². The van der Waals surface area contributed by atoms with Crippen LogP contribution in [-0.4, -0.2) is 32.7 Å². The summed E-state index contributed by atoms with van der Waals surface area (Å²) in [4.78, 5) is 9.55. The maximum Gasteiger partial charge on any atom is 0.235 e. The van der Waals surface area contributed by atoms with Gasteiger partial charge in [0.2, 0.25) is 5.78 Å². The number of imidazole rings is 1. The molecule has 1 N–H and O–H groups in total. The molecule has 0 saturated carbocycles. The van der Waals surface area contributed by atoms with Crippen molar-refractivity contribution in [3.63, 3.8) is 0 Å². The van der Waals surface area contributed by atoms with Crippen molar-refractivity contribution in [2.45, 2.75) is 53.4 Å². The molecule has 2 aromatic heterocycles. The van der Waals surface area contributed by atoms with E-state index in [4.69, 9.17) is 19.4 Å². The average molecular weight is 510 g/mol. The first-order valence-electron chi connectivity index (χ1n) is 13.4. The lowest BCUT2D eigenvalue weighted by Crippen LogP contribution is -2.06. The molecule has 6 heteroatoms. The zero-order chi connectivity index (χ0) is 27.0. The lowest BCUT2D eigenvalue weighted by atomic mass is 9.88. The van der Waals surface area contributed by atoms with Crippen molar-refractivity contribution >= 4 is 16.8 Å². The summed E-state index contributed by atoms with van der Waals surface area (Å²) < 4.78 is 13.9. The molecular formula is C32H35N3O3. The number of rotatable bonds is 8. The van der Waals surface area contributed by atoms with E-state index in [9.17, 15) is 5.11 Å². The summed E-state index contributed by atoms with van der Waals surface area (Å²) >= 11 is 0. The summed E-state index contributed by atoms with van der Waals surface area (Å²) in [6.45, 7) is 13.8. The molecule has 196 valence electrons. The van der Waals surface area contributed by atoms with Crippen LogP contribution in [0.2, 0.25) is 0 Å². The predicted octanol–water partition coefficient (Wildman–Crippen LogP) is 7.97. The SMILES string of the molecule is CCOc1ccc(-c2c(-c3cc(C(C)C)c(OCC)c(C(C)C)c3)cnc3nc4ccccc4n23)c(O)c1. The molecule has 5 aromatic rings. The monoisotopic (exact) mass is 509 g/mol. The highest BCUT2D eigenvalue weighted by atomic mass is 16.5. The van der Waals surface area contributed by atoms with E-state index in [-0.39, 0.29) is 17.6 Å². The number of aromatic hydroxyl groups is 1. The zero-order valence-electron chi connectivity index (χ0n) is 22.9. The smallest absolute Gasteiger partial charge is 0.235 e.